The highest BCUT2D eigenvalue weighted by atomic mass is 32.2. The largest absolute Gasteiger partial charge is 0.497 e. The fourth-order valence-electron chi connectivity index (χ4n) is 3.13. The van der Waals surface area contributed by atoms with Crippen LogP contribution < -0.4 is 14.8 Å². The molecule has 2 aliphatic rings. The van der Waals surface area contributed by atoms with Crippen LogP contribution >= 0.6 is 11.8 Å². The molecule has 2 saturated heterocycles. The van der Waals surface area contributed by atoms with Crippen LogP contribution in [0.5, 0.6) is 11.5 Å². The number of methoxy groups -OCH3 is 2. The molecule has 0 aliphatic carbocycles. The third kappa shape index (κ3) is 2.73. The van der Waals surface area contributed by atoms with Crippen LogP contribution in [0.2, 0.25) is 0 Å². The second-order valence-corrected chi connectivity index (χ2v) is 7.32. The SMILES string of the molecule is COc1ccc(NC(=O)[C@@H]2CS[C@]3(C)CCC(=O)N23)c(OC)c1. The Balaban J connectivity index is 1.79. The van der Waals surface area contributed by atoms with Crippen LogP contribution in [-0.4, -0.2) is 47.6 Å². The summed E-state index contributed by atoms with van der Waals surface area (Å²) in [4.78, 5) is 26.3. The highest BCUT2D eigenvalue weighted by molar-refractivity contribution is 8.01. The maximum absolute atomic E-state index is 12.7. The molecule has 1 aromatic carbocycles. The number of nitrogens with one attached hydrogen (secondary N) is 1. The van der Waals surface area contributed by atoms with Gasteiger partial charge in [0.05, 0.1) is 24.8 Å². The summed E-state index contributed by atoms with van der Waals surface area (Å²) in [5.74, 6) is 1.67. The highest BCUT2D eigenvalue weighted by Crippen LogP contribution is 2.47. The molecule has 124 valence electrons. The van der Waals surface area contributed by atoms with Crippen molar-refractivity contribution in [3.05, 3.63) is 18.2 Å². The Morgan fingerprint density at radius 1 is 1.39 bits per heavy atom. The van der Waals surface area contributed by atoms with E-state index in [1.165, 1.54) is 7.11 Å². The van der Waals surface area contributed by atoms with Gasteiger partial charge in [-0.05, 0) is 25.5 Å². The van der Waals surface area contributed by atoms with Gasteiger partial charge in [0, 0.05) is 18.2 Å². The minimum absolute atomic E-state index is 0.0549. The van der Waals surface area contributed by atoms with Crippen molar-refractivity contribution >= 4 is 29.3 Å². The first kappa shape index (κ1) is 16.0. The van der Waals surface area contributed by atoms with Crippen molar-refractivity contribution in [1.29, 1.82) is 0 Å². The summed E-state index contributed by atoms with van der Waals surface area (Å²) in [5.41, 5.74) is 0.573. The Morgan fingerprint density at radius 3 is 2.87 bits per heavy atom. The molecule has 1 N–H and O–H groups in total. The quantitative estimate of drug-likeness (QED) is 0.912. The predicted molar refractivity (Wildman–Crippen MR) is 88.9 cm³/mol. The maximum Gasteiger partial charge on any atom is 0.248 e. The number of benzene rings is 1. The van der Waals surface area contributed by atoms with E-state index in [0.29, 0.717) is 29.4 Å². The average molecular weight is 336 g/mol. The minimum atomic E-state index is -0.438. The van der Waals surface area contributed by atoms with Crippen molar-refractivity contribution in [3.63, 3.8) is 0 Å². The van der Waals surface area contributed by atoms with Gasteiger partial charge >= 0.3 is 0 Å². The highest BCUT2D eigenvalue weighted by Gasteiger charge is 2.52. The molecule has 2 heterocycles. The van der Waals surface area contributed by atoms with E-state index in [4.69, 9.17) is 9.47 Å². The average Bonchev–Trinajstić information content (AvgIpc) is 3.04. The Kier molecular flexibility index (Phi) is 4.14. The van der Waals surface area contributed by atoms with Gasteiger partial charge in [-0.3, -0.25) is 9.59 Å². The van der Waals surface area contributed by atoms with Crippen molar-refractivity contribution in [2.24, 2.45) is 0 Å². The molecule has 2 amide bonds. The summed E-state index contributed by atoms with van der Waals surface area (Å²) < 4.78 is 10.5. The number of rotatable bonds is 4. The van der Waals surface area contributed by atoms with Crippen LogP contribution in [-0.2, 0) is 9.59 Å². The third-order valence-electron chi connectivity index (χ3n) is 4.41. The van der Waals surface area contributed by atoms with E-state index in [0.717, 1.165) is 6.42 Å². The minimum Gasteiger partial charge on any atom is -0.497 e. The first-order valence-corrected chi connectivity index (χ1v) is 8.46. The molecule has 2 atom stereocenters. The van der Waals surface area contributed by atoms with Crippen LogP contribution in [0.25, 0.3) is 0 Å². The van der Waals surface area contributed by atoms with Crippen molar-refractivity contribution in [2.75, 3.05) is 25.3 Å². The van der Waals surface area contributed by atoms with E-state index in [1.54, 1.807) is 42.0 Å². The zero-order valence-corrected chi connectivity index (χ0v) is 14.2. The predicted octanol–water partition coefficient (Wildman–Crippen LogP) is 2.10. The van der Waals surface area contributed by atoms with Crippen LogP contribution in [0.15, 0.2) is 18.2 Å². The molecule has 0 radical (unpaired) electrons. The van der Waals surface area contributed by atoms with E-state index < -0.39 is 6.04 Å². The summed E-state index contributed by atoms with van der Waals surface area (Å²) in [5, 5.41) is 2.88. The second-order valence-electron chi connectivity index (χ2n) is 5.82. The van der Waals surface area contributed by atoms with Crippen molar-refractivity contribution in [3.8, 4) is 11.5 Å². The fourth-order valence-corrected chi connectivity index (χ4v) is 4.56. The lowest BCUT2D eigenvalue weighted by Crippen LogP contribution is -2.48. The van der Waals surface area contributed by atoms with E-state index in [1.807, 2.05) is 6.92 Å². The Hall–Kier alpha value is -1.89. The van der Waals surface area contributed by atoms with Crippen molar-refractivity contribution in [2.45, 2.75) is 30.7 Å². The van der Waals surface area contributed by atoms with Gasteiger partial charge in [-0.2, -0.15) is 0 Å². The van der Waals surface area contributed by atoms with Gasteiger partial charge in [-0.15, -0.1) is 11.8 Å². The molecule has 6 nitrogen and oxygen atoms in total. The van der Waals surface area contributed by atoms with E-state index in [2.05, 4.69) is 5.32 Å². The molecule has 0 bridgehead atoms. The number of nitrogens with zero attached hydrogens (tertiary/aromatic N) is 1. The maximum atomic E-state index is 12.7. The van der Waals surface area contributed by atoms with Crippen LogP contribution in [0.4, 0.5) is 5.69 Å². The zero-order valence-electron chi connectivity index (χ0n) is 13.4. The number of hydrogen-bond donors (Lipinski definition) is 1. The van der Waals surface area contributed by atoms with E-state index in [-0.39, 0.29) is 16.7 Å². The lowest BCUT2D eigenvalue weighted by atomic mass is 10.2. The summed E-state index contributed by atoms with van der Waals surface area (Å²) in [6.45, 7) is 2.03. The van der Waals surface area contributed by atoms with Crippen molar-refractivity contribution < 1.29 is 19.1 Å². The van der Waals surface area contributed by atoms with E-state index >= 15 is 0 Å². The van der Waals surface area contributed by atoms with Gasteiger partial charge in [0.1, 0.15) is 17.5 Å². The summed E-state index contributed by atoms with van der Waals surface area (Å²) >= 11 is 1.68. The summed E-state index contributed by atoms with van der Waals surface area (Å²) in [6, 6.07) is 4.77. The molecule has 2 fully saturated rings. The molecule has 1 aromatic rings. The lowest BCUT2D eigenvalue weighted by molar-refractivity contribution is -0.135. The van der Waals surface area contributed by atoms with Gasteiger partial charge in [-0.25, -0.2) is 0 Å². The Labute approximate surface area is 139 Å². The number of carbonyl (C=O) groups excluding carboxylic acids is 2. The number of ether oxygens (including phenoxy) is 2. The second kappa shape index (κ2) is 5.96. The zero-order chi connectivity index (χ0) is 16.6. The molecular formula is C16H20N2O4S. The Bertz CT molecular complexity index is 651. The van der Waals surface area contributed by atoms with Gasteiger partial charge in [-0.1, -0.05) is 0 Å². The van der Waals surface area contributed by atoms with Gasteiger partial charge < -0.3 is 19.7 Å². The summed E-state index contributed by atoms with van der Waals surface area (Å²) in [6.07, 6.45) is 1.31. The van der Waals surface area contributed by atoms with Gasteiger partial charge in [0.2, 0.25) is 11.8 Å². The number of anilines is 1. The molecule has 0 aromatic heterocycles. The molecule has 23 heavy (non-hydrogen) atoms. The molecule has 7 heteroatoms. The monoisotopic (exact) mass is 336 g/mol. The van der Waals surface area contributed by atoms with E-state index in [9.17, 15) is 9.59 Å². The third-order valence-corrected chi connectivity index (χ3v) is 5.92. The molecule has 2 aliphatic heterocycles. The fraction of sp³-hybridized carbons (Fsp3) is 0.500. The normalized spacial score (nSPS) is 26.1. The molecule has 0 unspecified atom stereocenters. The molecule has 3 rings (SSSR count). The molecular weight excluding hydrogens is 316 g/mol. The summed E-state index contributed by atoms with van der Waals surface area (Å²) in [7, 11) is 3.11. The molecule has 0 saturated carbocycles. The van der Waals surface area contributed by atoms with Gasteiger partial charge in [0.25, 0.3) is 0 Å². The topological polar surface area (TPSA) is 67.9 Å². The first-order valence-electron chi connectivity index (χ1n) is 7.47. The van der Waals surface area contributed by atoms with Crippen molar-refractivity contribution in [1.82, 2.24) is 4.90 Å². The first-order chi connectivity index (χ1) is 11.0. The number of amides is 2. The number of thioether (sulfide) groups is 1. The van der Waals surface area contributed by atoms with Gasteiger partial charge in [0.15, 0.2) is 0 Å². The van der Waals surface area contributed by atoms with Crippen LogP contribution in [0.3, 0.4) is 0 Å². The Morgan fingerprint density at radius 2 is 2.17 bits per heavy atom. The lowest BCUT2D eigenvalue weighted by Gasteiger charge is -2.30. The number of hydrogen-bond acceptors (Lipinski definition) is 5. The molecule has 0 spiro atoms. The number of fused-ring (bicyclic) bond motifs is 1. The number of carbonyl (C=O) groups is 2. The van der Waals surface area contributed by atoms with Crippen LogP contribution in [0.1, 0.15) is 19.8 Å². The van der Waals surface area contributed by atoms with Crippen LogP contribution in [0, 0.1) is 0 Å². The smallest absolute Gasteiger partial charge is 0.248 e. The standard InChI is InChI=1S/C16H20N2O4S/c1-16-7-6-14(19)18(16)12(9-23-16)15(20)17-11-5-4-10(21-2)8-13(11)22-3/h4-5,8,12H,6-7,9H2,1-3H3,(H,17,20)/t12-,16+/m0/s1.